The summed E-state index contributed by atoms with van der Waals surface area (Å²) >= 11 is 0. The van der Waals surface area contributed by atoms with Crippen molar-refractivity contribution in [2.24, 2.45) is 5.92 Å². The molecule has 3 aromatic rings. The number of rotatable bonds is 7. The highest BCUT2D eigenvalue weighted by Gasteiger charge is 2.31. The van der Waals surface area contributed by atoms with Gasteiger partial charge in [0.1, 0.15) is 11.4 Å². The number of piperidine rings is 1. The molecule has 1 amide bonds. The minimum absolute atomic E-state index is 0.168. The number of hydrogen-bond donors (Lipinski definition) is 1. The van der Waals surface area contributed by atoms with Gasteiger partial charge in [-0.2, -0.15) is 0 Å². The summed E-state index contributed by atoms with van der Waals surface area (Å²) in [5.74, 6) is 1.01. The van der Waals surface area contributed by atoms with Crippen molar-refractivity contribution in [3.63, 3.8) is 0 Å². The largest absolute Gasteiger partial charge is 0.496 e. The van der Waals surface area contributed by atoms with Crippen LogP contribution in [0.3, 0.4) is 0 Å². The first kappa shape index (κ1) is 22.0. The highest BCUT2D eigenvalue weighted by atomic mass is 16.5. The van der Waals surface area contributed by atoms with Gasteiger partial charge in [0.05, 0.1) is 18.8 Å². The molecule has 6 nitrogen and oxygen atoms in total. The number of nitrogens with zero attached hydrogens (tertiary/aromatic N) is 3. The van der Waals surface area contributed by atoms with Crippen LogP contribution in [0.25, 0.3) is 0 Å². The van der Waals surface area contributed by atoms with E-state index in [1.807, 2.05) is 30.3 Å². The average molecular weight is 431 g/mol. The molecule has 3 heterocycles. The number of carbonyl (C=O) groups is 1. The maximum Gasteiger partial charge on any atom is 0.270 e. The number of likely N-dealkylation sites (tertiary alicyclic amines) is 1. The van der Waals surface area contributed by atoms with Crippen LogP contribution in [0.15, 0.2) is 67.0 Å². The number of aromatic nitrogens is 2. The zero-order chi connectivity index (χ0) is 22.3. The fraction of sp³-hybridized carbons (Fsp3) is 0.346. The van der Waals surface area contributed by atoms with Crippen LogP contribution in [0.1, 0.15) is 46.2 Å². The van der Waals surface area contributed by atoms with Crippen molar-refractivity contribution < 1.29 is 9.53 Å². The summed E-state index contributed by atoms with van der Waals surface area (Å²) in [6.07, 6.45) is 5.53. The summed E-state index contributed by atoms with van der Waals surface area (Å²) in [7, 11) is 1.72. The van der Waals surface area contributed by atoms with E-state index >= 15 is 0 Å². The summed E-state index contributed by atoms with van der Waals surface area (Å²) in [4.78, 5) is 24.2. The third kappa shape index (κ3) is 5.32. The molecule has 1 N–H and O–H groups in total. The first-order valence-electron chi connectivity index (χ1n) is 11.1. The first-order chi connectivity index (χ1) is 15.6. The van der Waals surface area contributed by atoms with Gasteiger partial charge >= 0.3 is 0 Å². The molecule has 2 unspecified atom stereocenters. The second-order valence-electron chi connectivity index (χ2n) is 8.37. The van der Waals surface area contributed by atoms with Gasteiger partial charge < -0.3 is 10.1 Å². The zero-order valence-corrected chi connectivity index (χ0v) is 18.7. The van der Waals surface area contributed by atoms with Gasteiger partial charge in [-0.3, -0.25) is 19.7 Å². The van der Waals surface area contributed by atoms with Gasteiger partial charge in [0, 0.05) is 31.0 Å². The van der Waals surface area contributed by atoms with Gasteiger partial charge in [0.2, 0.25) is 0 Å². The van der Waals surface area contributed by atoms with E-state index in [9.17, 15) is 4.79 Å². The monoisotopic (exact) mass is 430 g/mol. The molecule has 2 atom stereocenters. The number of methoxy groups -OCH3 is 1. The maximum absolute atomic E-state index is 12.9. The zero-order valence-electron chi connectivity index (χ0n) is 18.7. The fourth-order valence-corrected chi connectivity index (χ4v) is 4.44. The molecular weight excluding hydrogens is 400 g/mol. The molecule has 1 aliphatic heterocycles. The number of aryl methyl sites for hydroxylation is 1. The molecule has 1 aromatic carbocycles. The Bertz CT molecular complexity index is 1030. The minimum Gasteiger partial charge on any atom is -0.496 e. The van der Waals surface area contributed by atoms with Crippen LogP contribution < -0.4 is 10.1 Å². The van der Waals surface area contributed by atoms with E-state index < -0.39 is 0 Å². The molecule has 0 aliphatic carbocycles. The summed E-state index contributed by atoms with van der Waals surface area (Å²) in [6.45, 7) is 4.80. The number of nitrogens with one attached hydrogen (secondary N) is 1. The standard InChI is InChI=1S/C26H30N4O2/c1-19-11-12-20(24(16-19)32-2)17-30-15-7-8-21(18-30)25(22-9-3-5-13-27-22)29-26(31)23-10-4-6-14-28-23/h3-6,9-14,16,21,25H,7-8,15,17-18H2,1-2H3,(H,29,31). The molecule has 0 bridgehead atoms. The molecule has 0 saturated carbocycles. The predicted octanol–water partition coefficient (Wildman–Crippen LogP) is 4.18. The highest BCUT2D eigenvalue weighted by Crippen LogP contribution is 2.31. The lowest BCUT2D eigenvalue weighted by molar-refractivity contribution is 0.0869. The lowest BCUT2D eigenvalue weighted by atomic mass is 9.88. The minimum atomic E-state index is -0.173. The quantitative estimate of drug-likeness (QED) is 0.609. The van der Waals surface area contributed by atoms with Gasteiger partial charge in [-0.05, 0) is 68.1 Å². The third-order valence-electron chi connectivity index (χ3n) is 6.04. The van der Waals surface area contributed by atoms with E-state index in [0.29, 0.717) is 5.69 Å². The number of pyridine rings is 2. The topological polar surface area (TPSA) is 67.3 Å². The second kappa shape index (κ2) is 10.4. The summed E-state index contributed by atoms with van der Waals surface area (Å²) in [6, 6.07) is 17.4. The van der Waals surface area contributed by atoms with Crippen LogP contribution in [-0.4, -0.2) is 41.0 Å². The Hall–Kier alpha value is -3.25. The number of amides is 1. The SMILES string of the molecule is COc1cc(C)ccc1CN1CCCC(C(NC(=O)c2ccccn2)c2ccccn2)C1. The lowest BCUT2D eigenvalue weighted by Crippen LogP contribution is -2.43. The number of benzene rings is 1. The molecule has 0 radical (unpaired) electrons. The Morgan fingerprint density at radius 2 is 1.97 bits per heavy atom. The maximum atomic E-state index is 12.9. The van der Waals surface area contributed by atoms with E-state index in [1.165, 1.54) is 11.1 Å². The summed E-state index contributed by atoms with van der Waals surface area (Å²) in [5.41, 5.74) is 3.68. The number of carbonyl (C=O) groups excluding carboxylic acids is 1. The Morgan fingerprint density at radius 3 is 2.69 bits per heavy atom. The van der Waals surface area contributed by atoms with Gasteiger partial charge in [-0.15, -0.1) is 0 Å². The van der Waals surface area contributed by atoms with Crippen LogP contribution in [0.4, 0.5) is 0 Å². The average Bonchev–Trinajstić information content (AvgIpc) is 2.84. The summed E-state index contributed by atoms with van der Waals surface area (Å²) < 4.78 is 5.61. The van der Waals surface area contributed by atoms with Crippen molar-refractivity contribution in [3.8, 4) is 5.75 Å². The van der Waals surface area contributed by atoms with Gasteiger partial charge in [0.25, 0.3) is 5.91 Å². The van der Waals surface area contributed by atoms with Gasteiger partial charge in [-0.1, -0.05) is 24.3 Å². The smallest absolute Gasteiger partial charge is 0.270 e. The van der Waals surface area contributed by atoms with E-state index in [0.717, 1.165) is 43.9 Å². The van der Waals surface area contributed by atoms with E-state index in [4.69, 9.17) is 4.74 Å². The van der Waals surface area contributed by atoms with Gasteiger partial charge in [-0.25, -0.2) is 0 Å². The molecule has 166 valence electrons. The Balaban J connectivity index is 1.53. The molecule has 0 spiro atoms. The van der Waals surface area contributed by atoms with Crippen molar-refractivity contribution in [1.82, 2.24) is 20.2 Å². The van der Waals surface area contributed by atoms with Crippen LogP contribution >= 0.6 is 0 Å². The Labute approximate surface area is 189 Å². The fourth-order valence-electron chi connectivity index (χ4n) is 4.44. The van der Waals surface area contributed by atoms with Crippen LogP contribution in [0.5, 0.6) is 5.75 Å². The molecule has 1 saturated heterocycles. The van der Waals surface area contributed by atoms with E-state index in [1.54, 1.807) is 25.6 Å². The molecule has 4 rings (SSSR count). The third-order valence-corrected chi connectivity index (χ3v) is 6.04. The van der Waals surface area contributed by atoms with Crippen molar-refractivity contribution >= 4 is 5.91 Å². The predicted molar refractivity (Wildman–Crippen MR) is 124 cm³/mol. The molecule has 32 heavy (non-hydrogen) atoms. The number of ether oxygens (including phenoxy) is 1. The van der Waals surface area contributed by atoms with Crippen molar-refractivity contribution in [2.45, 2.75) is 32.4 Å². The van der Waals surface area contributed by atoms with E-state index in [2.05, 4.69) is 45.3 Å². The van der Waals surface area contributed by atoms with Crippen molar-refractivity contribution in [2.75, 3.05) is 20.2 Å². The Kier molecular flexibility index (Phi) is 7.12. The molecule has 1 aliphatic rings. The van der Waals surface area contributed by atoms with Crippen LogP contribution in [0.2, 0.25) is 0 Å². The highest BCUT2D eigenvalue weighted by molar-refractivity contribution is 5.92. The van der Waals surface area contributed by atoms with Crippen molar-refractivity contribution in [3.05, 3.63) is 89.5 Å². The Morgan fingerprint density at radius 1 is 1.16 bits per heavy atom. The molecule has 2 aromatic heterocycles. The second-order valence-corrected chi connectivity index (χ2v) is 8.37. The van der Waals surface area contributed by atoms with Gasteiger partial charge in [0.15, 0.2) is 0 Å². The molecule has 6 heteroatoms. The molecule has 1 fully saturated rings. The summed E-state index contributed by atoms with van der Waals surface area (Å²) in [5, 5.41) is 3.22. The van der Waals surface area contributed by atoms with Crippen LogP contribution in [-0.2, 0) is 6.54 Å². The normalized spacial score (nSPS) is 17.5. The first-order valence-corrected chi connectivity index (χ1v) is 11.1. The molecular formula is C26H30N4O2. The van der Waals surface area contributed by atoms with E-state index in [-0.39, 0.29) is 17.9 Å². The van der Waals surface area contributed by atoms with Crippen molar-refractivity contribution in [1.29, 1.82) is 0 Å². The van der Waals surface area contributed by atoms with Crippen LogP contribution in [0, 0.1) is 12.8 Å². The number of hydrogen-bond acceptors (Lipinski definition) is 5. The lowest BCUT2D eigenvalue weighted by Gasteiger charge is -2.37.